The summed E-state index contributed by atoms with van der Waals surface area (Å²) in [5.41, 5.74) is 2.45. The first-order valence-electron chi connectivity index (χ1n) is 5.66. The molecule has 0 radical (unpaired) electrons. The monoisotopic (exact) mass is 272 g/mol. The molecule has 0 bridgehead atoms. The van der Waals surface area contributed by atoms with Gasteiger partial charge in [0.15, 0.2) is 12.0 Å². The number of aldehydes is 1. The van der Waals surface area contributed by atoms with Crippen molar-refractivity contribution in [2.24, 2.45) is 0 Å². The number of rotatable bonds is 2. The normalized spacial score (nSPS) is 10.8. The van der Waals surface area contributed by atoms with Gasteiger partial charge >= 0.3 is 0 Å². The van der Waals surface area contributed by atoms with Gasteiger partial charge < -0.3 is 4.42 Å². The zero-order chi connectivity index (χ0) is 13.4. The van der Waals surface area contributed by atoms with Gasteiger partial charge in [-0.3, -0.25) is 4.79 Å². The van der Waals surface area contributed by atoms with Gasteiger partial charge in [0.25, 0.3) is 0 Å². The molecule has 2 heterocycles. The largest absolute Gasteiger partial charge is 0.454 e. The lowest BCUT2D eigenvalue weighted by molar-refractivity contribution is 0.112. The quantitative estimate of drug-likeness (QED) is 0.528. The molecule has 0 aliphatic heterocycles. The van der Waals surface area contributed by atoms with Crippen LogP contribution < -0.4 is 0 Å². The van der Waals surface area contributed by atoms with Crippen molar-refractivity contribution >= 4 is 28.9 Å². The lowest BCUT2D eigenvalue weighted by Gasteiger charge is -2.00. The Labute approximate surface area is 114 Å². The molecule has 0 spiro atoms. The van der Waals surface area contributed by atoms with Crippen LogP contribution in [0.1, 0.15) is 15.9 Å². The van der Waals surface area contributed by atoms with Gasteiger partial charge in [-0.2, -0.15) is 0 Å². The molecule has 0 unspecified atom stereocenters. The molecule has 5 heteroatoms. The highest BCUT2D eigenvalue weighted by Gasteiger charge is 2.15. The van der Waals surface area contributed by atoms with Crippen LogP contribution in [0.3, 0.4) is 0 Å². The Morgan fingerprint density at radius 3 is 2.89 bits per heavy atom. The van der Waals surface area contributed by atoms with E-state index in [1.165, 1.54) is 6.33 Å². The van der Waals surface area contributed by atoms with E-state index in [0.29, 0.717) is 17.7 Å². The first kappa shape index (κ1) is 11.9. The number of halogens is 1. The highest BCUT2D eigenvalue weighted by atomic mass is 35.5. The van der Waals surface area contributed by atoms with Gasteiger partial charge in [0.1, 0.15) is 22.8 Å². The fraction of sp³-hybridized carbons (Fsp3) is 0.0714. The van der Waals surface area contributed by atoms with Crippen molar-refractivity contribution in [3.05, 3.63) is 46.9 Å². The molecule has 0 saturated carbocycles. The molecule has 0 fully saturated rings. The minimum atomic E-state index is 0.122. The molecule has 0 aliphatic rings. The fourth-order valence-electron chi connectivity index (χ4n) is 2.00. The van der Waals surface area contributed by atoms with Crippen LogP contribution in [0, 0.1) is 6.92 Å². The molecule has 0 N–H and O–H groups in total. The molecule has 3 rings (SSSR count). The maximum absolute atomic E-state index is 11.1. The Balaban J connectivity index is 2.28. The van der Waals surface area contributed by atoms with E-state index in [9.17, 15) is 4.79 Å². The van der Waals surface area contributed by atoms with Crippen LogP contribution in [-0.4, -0.2) is 16.3 Å². The van der Waals surface area contributed by atoms with Gasteiger partial charge in [0.2, 0.25) is 0 Å². The number of nitrogens with zero attached hydrogens (tertiary/aromatic N) is 2. The van der Waals surface area contributed by atoms with Crippen molar-refractivity contribution in [3.63, 3.8) is 0 Å². The first-order valence-corrected chi connectivity index (χ1v) is 6.03. The van der Waals surface area contributed by atoms with Crippen LogP contribution in [0.15, 0.2) is 35.0 Å². The van der Waals surface area contributed by atoms with E-state index in [1.807, 2.05) is 31.2 Å². The molecule has 19 heavy (non-hydrogen) atoms. The Bertz CT molecular complexity index is 780. The predicted molar refractivity (Wildman–Crippen MR) is 72.4 cm³/mol. The second-order valence-electron chi connectivity index (χ2n) is 4.15. The van der Waals surface area contributed by atoms with Crippen LogP contribution >= 0.6 is 11.6 Å². The number of aryl methyl sites for hydroxylation is 1. The molecule has 2 aromatic heterocycles. The van der Waals surface area contributed by atoms with Gasteiger partial charge in [-0.05, 0) is 18.6 Å². The van der Waals surface area contributed by atoms with E-state index in [-0.39, 0.29) is 10.7 Å². The van der Waals surface area contributed by atoms with Crippen molar-refractivity contribution in [3.8, 4) is 11.5 Å². The van der Waals surface area contributed by atoms with E-state index in [2.05, 4.69) is 9.97 Å². The topological polar surface area (TPSA) is 56.0 Å². The van der Waals surface area contributed by atoms with E-state index in [1.54, 1.807) is 0 Å². The van der Waals surface area contributed by atoms with Gasteiger partial charge in [0, 0.05) is 5.39 Å². The number of fused-ring (bicyclic) bond motifs is 1. The van der Waals surface area contributed by atoms with Crippen LogP contribution in [-0.2, 0) is 0 Å². The SMILES string of the molecule is Cc1cccc2cc(-c3ncnc(Cl)c3C=O)oc12. The standard InChI is InChI=1S/C14H9ClN2O2/c1-8-3-2-4-9-5-11(19-13(8)9)12-10(6-18)14(15)17-7-16-12/h2-7H,1H3. The number of hydrogen-bond donors (Lipinski definition) is 0. The summed E-state index contributed by atoms with van der Waals surface area (Å²) >= 11 is 5.89. The fourth-order valence-corrected chi connectivity index (χ4v) is 2.18. The molecule has 0 atom stereocenters. The van der Waals surface area contributed by atoms with E-state index < -0.39 is 0 Å². The number of furan rings is 1. The van der Waals surface area contributed by atoms with Crippen molar-refractivity contribution < 1.29 is 9.21 Å². The number of carbonyl (C=O) groups excluding carboxylic acids is 1. The van der Waals surface area contributed by atoms with Crippen molar-refractivity contribution in [2.45, 2.75) is 6.92 Å². The van der Waals surface area contributed by atoms with E-state index in [4.69, 9.17) is 16.0 Å². The predicted octanol–water partition coefficient (Wildman–Crippen LogP) is 3.66. The van der Waals surface area contributed by atoms with Crippen LogP contribution in [0.2, 0.25) is 5.15 Å². The third-order valence-electron chi connectivity index (χ3n) is 2.93. The molecule has 1 aromatic carbocycles. The highest BCUT2D eigenvalue weighted by molar-refractivity contribution is 6.32. The molecule has 3 aromatic rings. The number of benzene rings is 1. The minimum Gasteiger partial charge on any atom is -0.454 e. The zero-order valence-electron chi connectivity index (χ0n) is 10.1. The summed E-state index contributed by atoms with van der Waals surface area (Å²) in [7, 11) is 0. The minimum absolute atomic E-state index is 0.122. The number of carbonyl (C=O) groups is 1. The summed E-state index contributed by atoms with van der Waals surface area (Å²) in [6, 6.07) is 7.69. The van der Waals surface area contributed by atoms with E-state index >= 15 is 0 Å². The lowest BCUT2D eigenvalue weighted by atomic mass is 10.1. The number of aromatic nitrogens is 2. The third kappa shape index (κ3) is 1.90. The van der Waals surface area contributed by atoms with Crippen LogP contribution in [0.25, 0.3) is 22.4 Å². The van der Waals surface area contributed by atoms with Gasteiger partial charge in [-0.15, -0.1) is 0 Å². The lowest BCUT2D eigenvalue weighted by Crippen LogP contribution is -1.94. The average Bonchev–Trinajstić information content (AvgIpc) is 2.84. The number of hydrogen-bond acceptors (Lipinski definition) is 4. The summed E-state index contributed by atoms with van der Waals surface area (Å²) in [6.07, 6.45) is 1.95. The van der Waals surface area contributed by atoms with Crippen molar-refractivity contribution in [2.75, 3.05) is 0 Å². The summed E-state index contributed by atoms with van der Waals surface area (Å²) in [5.74, 6) is 0.510. The van der Waals surface area contributed by atoms with Crippen molar-refractivity contribution in [1.82, 2.24) is 9.97 Å². The first-order chi connectivity index (χ1) is 9.20. The van der Waals surface area contributed by atoms with Gasteiger partial charge in [-0.1, -0.05) is 29.8 Å². The Kier molecular flexibility index (Phi) is 2.80. The van der Waals surface area contributed by atoms with Crippen LogP contribution in [0.4, 0.5) is 0 Å². The third-order valence-corrected chi connectivity index (χ3v) is 3.23. The Hall–Kier alpha value is -2.20. The van der Waals surface area contributed by atoms with Gasteiger partial charge in [0.05, 0.1) is 5.56 Å². The average molecular weight is 273 g/mol. The summed E-state index contributed by atoms with van der Waals surface area (Å²) in [6.45, 7) is 1.96. The molecule has 94 valence electrons. The van der Waals surface area contributed by atoms with Gasteiger partial charge in [-0.25, -0.2) is 9.97 Å². The maximum atomic E-state index is 11.1. The van der Waals surface area contributed by atoms with E-state index in [0.717, 1.165) is 16.5 Å². The smallest absolute Gasteiger partial charge is 0.155 e. The molecular formula is C14H9ClN2O2. The highest BCUT2D eigenvalue weighted by Crippen LogP contribution is 2.31. The Morgan fingerprint density at radius 2 is 2.16 bits per heavy atom. The zero-order valence-corrected chi connectivity index (χ0v) is 10.8. The molecule has 0 saturated heterocycles. The molecule has 0 amide bonds. The molecule has 0 aliphatic carbocycles. The second-order valence-corrected chi connectivity index (χ2v) is 4.51. The summed E-state index contributed by atoms with van der Waals surface area (Å²) < 4.78 is 5.77. The molecular weight excluding hydrogens is 264 g/mol. The molecule has 4 nitrogen and oxygen atoms in total. The summed E-state index contributed by atoms with van der Waals surface area (Å²) in [5, 5.41) is 1.08. The van der Waals surface area contributed by atoms with Crippen molar-refractivity contribution in [1.29, 1.82) is 0 Å². The maximum Gasteiger partial charge on any atom is 0.155 e. The Morgan fingerprint density at radius 1 is 1.32 bits per heavy atom. The van der Waals surface area contributed by atoms with Crippen LogP contribution in [0.5, 0.6) is 0 Å². The second kappa shape index (κ2) is 4.48. The number of para-hydroxylation sites is 1. The summed E-state index contributed by atoms with van der Waals surface area (Å²) in [4.78, 5) is 19.0.